The SMILES string of the molecule is Cc1ccccc1OC[C@H](C)NS(=O)(=O)c1nnc(NC(=O)c2ccccc2)s1. The van der Waals surface area contributed by atoms with Crippen molar-refractivity contribution >= 4 is 32.4 Å². The molecule has 0 fully saturated rings. The van der Waals surface area contributed by atoms with E-state index >= 15 is 0 Å². The first-order valence-electron chi connectivity index (χ1n) is 8.76. The number of rotatable bonds is 8. The van der Waals surface area contributed by atoms with E-state index in [0.717, 1.165) is 16.9 Å². The Hall–Kier alpha value is -2.82. The highest BCUT2D eigenvalue weighted by Crippen LogP contribution is 2.21. The smallest absolute Gasteiger partial charge is 0.270 e. The Labute approximate surface area is 173 Å². The monoisotopic (exact) mass is 432 g/mol. The third-order valence-corrected chi connectivity index (χ3v) is 6.63. The Morgan fingerprint density at radius 3 is 2.52 bits per heavy atom. The van der Waals surface area contributed by atoms with E-state index in [1.165, 1.54) is 0 Å². The highest BCUT2D eigenvalue weighted by molar-refractivity contribution is 7.91. The minimum Gasteiger partial charge on any atom is -0.492 e. The largest absolute Gasteiger partial charge is 0.492 e. The van der Waals surface area contributed by atoms with Crippen LogP contribution in [0.4, 0.5) is 5.13 Å². The molecule has 10 heteroatoms. The molecule has 29 heavy (non-hydrogen) atoms. The third-order valence-electron chi connectivity index (χ3n) is 3.83. The molecule has 1 atom stereocenters. The number of benzene rings is 2. The molecule has 3 rings (SSSR count). The Morgan fingerprint density at radius 2 is 1.79 bits per heavy atom. The molecule has 0 unspecified atom stereocenters. The van der Waals surface area contributed by atoms with E-state index in [4.69, 9.17) is 4.74 Å². The van der Waals surface area contributed by atoms with Gasteiger partial charge in [0, 0.05) is 5.56 Å². The Bertz CT molecular complexity index is 1080. The molecular weight excluding hydrogens is 412 g/mol. The molecule has 1 amide bonds. The molecule has 1 aromatic heterocycles. The van der Waals surface area contributed by atoms with Crippen molar-refractivity contribution in [3.05, 3.63) is 65.7 Å². The highest BCUT2D eigenvalue weighted by atomic mass is 32.2. The lowest BCUT2D eigenvalue weighted by Crippen LogP contribution is -2.36. The number of hydrogen-bond donors (Lipinski definition) is 2. The maximum atomic E-state index is 12.5. The summed E-state index contributed by atoms with van der Waals surface area (Å²) in [5.74, 6) is 0.305. The maximum absolute atomic E-state index is 12.5. The van der Waals surface area contributed by atoms with Crippen molar-refractivity contribution in [2.75, 3.05) is 11.9 Å². The Balaban J connectivity index is 1.59. The normalized spacial score (nSPS) is 12.3. The molecule has 8 nitrogen and oxygen atoms in total. The minimum atomic E-state index is -3.89. The highest BCUT2D eigenvalue weighted by Gasteiger charge is 2.23. The van der Waals surface area contributed by atoms with E-state index in [9.17, 15) is 13.2 Å². The summed E-state index contributed by atoms with van der Waals surface area (Å²) in [6, 6.07) is 15.5. The number of aryl methyl sites for hydroxylation is 1. The number of aromatic nitrogens is 2. The lowest BCUT2D eigenvalue weighted by Gasteiger charge is -2.15. The first-order chi connectivity index (χ1) is 13.8. The molecule has 0 radical (unpaired) electrons. The van der Waals surface area contributed by atoms with Crippen LogP contribution in [0.1, 0.15) is 22.8 Å². The van der Waals surface area contributed by atoms with E-state index in [0.29, 0.717) is 11.3 Å². The Kier molecular flexibility index (Phi) is 6.57. The molecule has 0 aliphatic heterocycles. The maximum Gasteiger partial charge on any atom is 0.270 e. The van der Waals surface area contributed by atoms with Crippen molar-refractivity contribution in [1.82, 2.24) is 14.9 Å². The molecule has 1 heterocycles. The molecule has 3 aromatic rings. The van der Waals surface area contributed by atoms with Gasteiger partial charge in [-0.1, -0.05) is 47.7 Å². The van der Waals surface area contributed by atoms with Gasteiger partial charge in [-0.25, -0.2) is 13.1 Å². The fraction of sp³-hybridized carbons (Fsp3) is 0.211. The van der Waals surface area contributed by atoms with Crippen LogP contribution in [0.2, 0.25) is 0 Å². The zero-order valence-corrected chi connectivity index (χ0v) is 17.5. The van der Waals surface area contributed by atoms with Gasteiger partial charge in [-0.15, -0.1) is 10.2 Å². The third kappa shape index (κ3) is 5.59. The number of sulfonamides is 1. The molecule has 0 saturated heterocycles. The van der Waals surface area contributed by atoms with Crippen LogP contribution in [0, 0.1) is 6.92 Å². The lowest BCUT2D eigenvalue weighted by atomic mass is 10.2. The van der Waals surface area contributed by atoms with Crippen LogP contribution in [0.3, 0.4) is 0 Å². The summed E-state index contributed by atoms with van der Waals surface area (Å²) >= 11 is 0.776. The van der Waals surface area contributed by atoms with Gasteiger partial charge in [-0.05, 0) is 37.6 Å². The minimum absolute atomic E-state index is 0.100. The van der Waals surface area contributed by atoms with Crippen molar-refractivity contribution in [1.29, 1.82) is 0 Å². The van der Waals surface area contributed by atoms with E-state index in [1.807, 2.05) is 31.2 Å². The summed E-state index contributed by atoms with van der Waals surface area (Å²) in [5, 5.41) is 10.1. The second-order valence-corrected chi connectivity index (χ2v) is 9.16. The van der Waals surface area contributed by atoms with Gasteiger partial charge in [-0.3, -0.25) is 10.1 Å². The van der Waals surface area contributed by atoms with Crippen LogP contribution in [0.5, 0.6) is 5.75 Å². The number of anilines is 1. The van der Waals surface area contributed by atoms with Gasteiger partial charge in [0.05, 0.1) is 6.04 Å². The zero-order valence-electron chi connectivity index (χ0n) is 15.8. The van der Waals surface area contributed by atoms with Gasteiger partial charge >= 0.3 is 0 Å². The summed E-state index contributed by atoms with van der Waals surface area (Å²) in [6.07, 6.45) is 0. The average Bonchev–Trinajstić information content (AvgIpc) is 3.17. The standard InChI is InChI=1S/C19H20N4O4S2/c1-13-8-6-7-11-16(13)27-12-14(2)23-29(25,26)19-22-21-18(28-19)20-17(24)15-9-4-3-5-10-15/h3-11,14,23H,12H2,1-2H3,(H,20,21,24)/t14-/m0/s1. The summed E-state index contributed by atoms with van der Waals surface area (Å²) in [6.45, 7) is 3.76. The second kappa shape index (κ2) is 9.12. The van der Waals surface area contributed by atoms with Crippen LogP contribution in [-0.2, 0) is 10.0 Å². The average molecular weight is 433 g/mol. The number of ether oxygens (including phenoxy) is 1. The number of amides is 1. The van der Waals surface area contributed by atoms with Crippen LogP contribution < -0.4 is 14.8 Å². The van der Waals surface area contributed by atoms with E-state index in [2.05, 4.69) is 20.2 Å². The number of nitrogens with one attached hydrogen (secondary N) is 2. The first-order valence-corrected chi connectivity index (χ1v) is 11.1. The molecule has 152 valence electrons. The quantitative estimate of drug-likeness (QED) is 0.530. The molecule has 0 spiro atoms. The van der Waals surface area contributed by atoms with Crippen LogP contribution in [0.25, 0.3) is 0 Å². The zero-order chi connectivity index (χ0) is 20.9. The molecule has 0 aliphatic carbocycles. The van der Waals surface area contributed by atoms with Gasteiger partial charge in [-0.2, -0.15) is 0 Å². The number of hydrogen-bond acceptors (Lipinski definition) is 7. The van der Waals surface area contributed by atoms with Crippen LogP contribution in [0.15, 0.2) is 58.9 Å². The van der Waals surface area contributed by atoms with E-state index in [-0.39, 0.29) is 16.1 Å². The number of nitrogens with zero attached hydrogens (tertiary/aromatic N) is 2. The van der Waals surface area contributed by atoms with Gasteiger partial charge in [0.25, 0.3) is 15.9 Å². The van der Waals surface area contributed by atoms with E-state index < -0.39 is 22.0 Å². The van der Waals surface area contributed by atoms with Crippen molar-refractivity contribution in [2.24, 2.45) is 0 Å². The van der Waals surface area contributed by atoms with Crippen molar-refractivity contribution in [3.63, 3.8) is 0 Å². The summed E-state index contributed by atoms with van der Waals surface area (Å²) in [4.78, 5) is 12.1. The number of carbonyl (C=O) groups is 1. The van der Waals surface area contributed by atoms with Crippen LogP contribution in [-0.4, -0.2) is 37.2 Å². The number of carbonyl (C=O) groups excluding carboxylic acids is 1. The Morgan fingerprint density at radius 1 is 1.10 bits per heavy atom. The summed E-state index contributed by atoms with van der Waals surface area (Å²) < 4.78 is 33.0. The summed E-state index contributed by atoms with van der Waals surface area (Å²) in [5.41, 5.74) is 1.40. The number of para-hydroxylation sites is 1. The molecule has 2 aromatic carbocycles. The van der Waals surface area contributed by atoms with E-state index in [1.54, 1.807) is 37.3 Å². The first kappa shape index (κ1) is 20.9. The van der Waals surface area contributed by atoms with Gasteiger partial charge in [0.1, 0.15) is 12.4 Å². The van der Waals surface area contributed by atoms with Crippen molar-refractivity contribution < 1.29 is 17.9 Å². The van der Waals surface area contributed by atoms with Crippen LogP contribution >= 0.6 is 11.3 Å². The van der Waals surface area contributed by atoms with Gasteiger partial charge < -0.3 is 4.74 Å². The molecular formula is C19H20N4O4S2. The molecule has 0 bridgehead atoms. The lowest BCUT2D eigenvalue weighted by molar-refractivity contribution is 0.102. The van der Waals surface area contributed by atoms with Gasteiger partial charge in [0.15, 0.2) is 0 Å². The fourth-order valence-corrected chi connectivity index (χ4v) is 4.55. The van der Waals surface area contributed by atoms with Crippen molar-refractivity contribution in [2.45, 2.75) is 24.2 Å². The molecule has 0 aliphatic rings. The second-order valence-electron chi connectivity index (χ2n) is 6.29. The molecule has 0 saturated carbocycles. The molecule has 2 N–H and O–H groups in total. The topological polar surface area (TPSA) is 110 Å². The predicted molar refractivity (Wildman–Crippen MR) is 111 cm³/mol. The fourth-order valence-electron chi connectivity index (χ4n) is 2.41. The van der Waals surface area contributed by atoms with Gasteiger partial charge in [0.2, 0.25) is 9.47 Å². The summed E-state index contributed by atoms with van der Waals surface area (Å²) in [7, 11) is -3.89. The predicted octanol–water partition coefficient (Wildman–Crippen LogP) is 2.84. The van der Waals surface area contributed by atoms with Crippen molar-refractivity contribution in [3.8, 4) is 5.75 Å².